The van der Waals surface area contributed by atoms with Crippen molar-refractivity contribution in [1.29, 1.82) is 0 Å². The Labute approximate surface area is 119 Å². The highest BCUT2D eigenvalue weighted by atomic mass is 16.4. The lowest BCUT2D eigenvalue weighted by Crippen LogP contribution is -2.60. The Kier molecular flexibility index (Phi) is 3.36. The first-order valence-electron chi connectivity index (χ1n) is 7.55. The quantitative estimate of drug-likeness (QED) is 0.797. The van der Waals surface area contributed by atoms with Crippen molar-refractivity contribution in [1.82, 2.24) is 15.1 Å². The van der Waals surface area contributed by atoms with Gasteiger partial charge in [-0.05, 0) is 38.5 Å². The van der Waals surface area contributed by atoms with Crippen molar-refractivity contribution >= 4 is 12.0 Å². The Morgan fingerprint density at radius 3 is 2.15 bits per heavy atom. The molecular formula is C14H23N3O3. The maximum absolute atomic E-state index is 12.3. The molecule has 112 valence electrons. The SMILES string of the molecule is CC(NC(=O)N1CCN(C2CC2)CC1)(C(=O)O)C1CC1. The third-order valence-electron chi connectivity index (χ3n) is 4.87. The first-order chi connectivity index (χ1) is 9.50. The van der Waals surface area contributed by atoms with Crippen LogP contribution in [-0.4, -0.2) is 64.7 Å². The van der Waals surface area contributed by atoms with E-state index in [0.717, 1.165) is 32.0 Å². The molecule has 0 aromatic heterocycles. The van der Waals surface area contributed by atoms with E-state index < -0.39 is 11.5 Å². The van der Waals surface area contributed by atoms with Crippen molar-refractivity contribution in [2.45, 2.75) is 44.2 Å². The summed E-state index contributed by atoms with van der Waals surface area (Å²) in [6.45, 7) is 4.84. The molecule has 0 aromatic rings. The van der Waals surface area contributed by atoms with Crippen molar-refractivity contribution in [3.05, 3.63) is 0 Å². The number of piperazine rings is 1. The number of nitrogens with zero attached hydrogens (tertiary/aromatic N) is 2. The molecular weight excluding hydrogens is 258 g/mol. The van der Waals surface area contributed by atoms with Gasteiger partial charge in [-0.15, -0.1) is 0 Å². The van der Waals surface area contributed by atoms with Gasteiger partial charge in [0.05, 0.1) is 0 Å². The first-order valence-corrected chi connectivity index (χ1v) is 7.55. The fourth-order valence-electron chi connectivity index (χ4n) is 3.02. The summed E-state index contributed by atoms with van der Waals surface area (Å²) in [5, 5.41) is 12.1. The molecule has 1 unspecified atom stereocenters. The van der Waals surface area contributed by atoms with Gasteiger partial charge in [-0.25, -0.2) is 9.59 Å². The summed E-state index contributed by atoms with van der Waals surface area (Å²) in [5.41, 5.74) is -1.11. The molecule has 20 heavy (non-hydrogen) atoms. The summed E-state index contributed by atoms with van der Waals surface area (Å²) in [6, 6.07) is 0.508. The highest BCUT2D eigenvalue weighted by molar-refractivity contribution is 5.86. The lowest BCUT2D eigenvalue weighted by Gasteiger charge is -2.37. The normalized spacial score (nSPS) is 26.9. The van der Waals surface area contributed by atoms with Crippen LogP contribution < -0.4 is 5.32 Å². The number of carbonyl (C=O) groups is 2. The molecule has 0 spiro atoms. The molecule has 3 aliphatic rings. The second-order valence-electron chi connectivity index (χ2n) is 6.47. The predicted octanol–water partition coefficient (Wildman–Crippen LogP) is 0.729. The molecule has 6 heteroatoms. The van der Waals surface area contributed by atoms with Crippen LogP contribution in [0.2, 0.25) is 0 Å². The van der Waals surface area contributed by atoms with Gasteiger partial charge >= 0.3 is 12.0 Å². The Morgan fingerprint density at radius 1 is 1.10 bits per heavy atom. The van der Waals surface area contributed by atoms with Gasteiger partial charge in [-0.3, -0.25) is 4.90 Å². The summed E-state index contributed by atoms with van der Waals surface area (Å²) in [7, 11) is 0. The van der Waals surface area contributed by atoms with Gasteiger partial charge in [0.2, 0.25) is 0 Å². The highest BCUT2D eigenvalue weighted by Crippen LogP contribution is 2.39. The molecule has 1 heterocycles. The zero-order chi connectivity index (χ0) is 14.3. The second-order valence-corrected chi connectivity index (χ2v) is 6.47. The fraction of sp³-hybridized carbons (Fsp3) is 0.857. The molecule has 3 fully saturated rings. The minimum absolute atomic E-state index is 0.0803. The van der Waals surface area contributed by atoms with Gasteiger partial charge in [-0.1, -0.05) is 0 Å². The van der Waals surface area contributed by atoms with Crippen molar-refractivity contribution in [2.75, 3.05) is 26.2 Å². The molecule has 0 aromatic carbocycles. The number of hydrogen-bond donors (Lipinski definition) is 2. The van der Waals surface area contributed by atoms with E-state index in [1.54, 1.807) is 11.8 Å². The van der Waals surface area contributed by atoms with E-state index >= 15 is 0 Å². The zero-order valence-electron chi connectivity index (χ0n) is 12.0. The van der Waals surface area contributed by atoms with Gasteiger partial charge in [0.15, 0.2) is 0 Å². The van der Waals surface area contributed by atoms with Gasteiger partial charge in [0.25, 0.3) is 0 Å². The molecule has 1 atom stereocenters. The Morgan fingerprint density at radius 2 is 1.70 bits per heavy atom. The molecule has 2 aliphatic carbocycles. The Hall–Kier alpha value is -1.30. The average molecular weight is 281 g/mol. The van der Waals surface area contributed by atoms with E-state index in [9.17, 15) is 14.7 Å². The van der Waals surface area contributed by atoms with Crippen molar-refractivity contribution in [3.8, 4) is 0 Å². The number of nitrogens with one attached hydrogen (secondary N) is 1. The molecule has 0 radical (unpaired) electrons. The van der Waals surface area contributed by atoms with Crippen molar-refractivity contribution < 1.29 is 14.7 Å². The van der Waals surface area contributed by atoms with Crippen LogP contribution in [0.3, 0.4) is 0 Å². The van der Waals surface area contributed by atoms with Crippen molar-refractivity contribution in [2.24, 2.45) is 5.92 Å². The number of aliphatic carboxylic acids is 1. The number of hydrogen-bond acceptors (Lipinski definition) is 3. The van der Waals surface area contributed by atoms with Gasteiger partial charge in [0, 0.05) is 32.2 Å². The van der Waals surface area contributed by atoms with Crippen LogP contribution in [0, 0.1) is 5.92 Å². The highest BCUT2D eigenvalue weighted by Gasteiger charge is 2.49. The number of carboxylic acids is 1. The molecule has 1 saturated heterocycles. The van der Waals surface area contributed by atoms with Crippen LogP contribution in [-0.2, 0) is 4.79 Å². The Bertz CT molecular complexity index is 412. The second kappa shape index (κ2) is 4.91. The molecule has 0 bridgehead atoms. The smallest absolute Gasteiger partial charge is 0.329 e. The lowest BCUT2D eigenvalue weighted by molar-refractivity contribution is -0.144. The molecule has 2 N–H and O–H groups in total. The first kappa shape index (κ1) is 13.7. The summed E-state index contributed by atoms with van der Waals surface area (Å²) in [6.07, 6.45) is 4.34. The maximum Gasteiger partial charge on any atom is 0.329 e. The predicted molar refractivity (Wildman–Crippen MR) is 73.5 cm³/mol. The summed E-state index contributed by atoms with van der Waals surface area (Å²) >= 11 is 0. The van der Waals surface area contributed by atoms with E-state index in [2.05, 4.69) is 10.2 Å². The van der Waals surface area contributed by atoms with Crippen LogP contribution >= 0.6 is 0 Å². The van der Waals surface area contributed by atoms with E-state index in [4.69, 9.17) is 0 Å². The summed E-state index contributed by atoms with van der Waals surface area (Å²) < 4.78 is 0. The zero-order valence-corrected chi connectivity index (χ0v) is 12.0. The van der Waals surface area contributed by atoms with Gasteiger partial charge in [-0.2, -0.15) is 0 Å². The van der Waals surface area contributed by atoms with Gasteiger partial charge in [0.1, 0.15) is 5.54 Å². The van der Waals surface area contributed by atoms with Crippen LogP contribution in [0.25, 0.3) is 0 Å². The van der Waals surface area contributed by atoms with E-state index in [-0.39, 0.29) is 11.9 Å². The number of rotatable bonds is 4. The van der Waals surface area contributed by atoms with E-state index in [1.165, 1.54) is 12.8 Å². The standard InChI is InChI=1S/C14H23N3O3/c1-14(12(18)19,10-2-3-10)15-13(20)17-8-6-16(7-9-17)11-4-5-11/h10-11H,2-9H2,1H3,(H,15,20)(H,18,19). The number of carboxylic acid groups (broad SMARTS) is 1. The largest absolute Gasteiger partial charge is 0.480 e. The third kappa shape index (κ3) is 2.61. The molecule has 2 amide bonds. The van der Waals surface area contributed by atoms with Crippen molar-refractivity contribution in [3.63, 3.8) is 0 Å². The van der Waals surface area contributed by atoms with E-state index in [1.807, 2.05) is 0 Å². The average Bonchev–Trinajstić information content (AvgIpc) is 3.31. The molecule has 6 nitrogen and oxygen atoms in total. The lowest BCUT2D eigenvalue weighted by atomic mass is 9.96. The fourth-order valence-corrected chi connectivity index (χ4v) is 3.02. The maximum atomic E-state index is 12.3. The van der Waals surface area contributed by atoms with Crippen LogP contribution in [0.15, 0.2) is 0 Å². The third-order valence-corrected chi connectivity index (χ3v) is 4.87. The molecule has 1 aliphatic heterocycles. The topological polar surface area (TPSA) is 72.9 Å². The summed E-state index contributed by atoms with van der Waals surface area (Å²) in [4.78, 5) is 27.9. The minimum Gasteiger partial charge on any atom is -0.480 e. The minimum atomic E-state index is -1.11. The molecule has 2 saturated carbocycles. The number of urea groups is 1. The molecule has 3 rings (SSSR count). The summed E-state index contributed by atoms with van der Waals surface area (Å²) in [5.74, 6) is -0.846. The number of carbonyl (C=O) groups excluding carboxylic acids is 1. The van der Waals surface area contributed by atoms with Gasteiger partial charge < -0.3 is 15.3 Å². The van der Waals surface area contributed by atoms with Crippen LogP contribution in [0.4, 0.5) is 4.79 Å². The number of amides is 2. The Balaban J connectivity index is 1.54. The van der Waals surface area contributed by atoms with E-state index in [0.29, 0.717) is 13.1 Å². The van der Waals surface area contributed by atoms with Crippen LogP contribution in [0.1, 0.15) is 32.6 Å². The van der Waals surface area contributed by atoms with Crippen LogP contribution in [0.5, 0.6) is 0 Å². The monoisotopic (exact) mass is 281 g/mol.